The molecule has 0 unspecified atom stereocenters. The third-order valence-corrected chi connectivity index (χ3v) is 3.57. The lowest BCUT2D eigenvalue weighted by Gasteiger charge is -1.97. The van der Waals surface area contributed by atoms with Gasteiger partial charge in [0.15, 0.2) is 3.95 Å². The van der Waals surface area contributed by atoms with Crippen molar-refractivity contribution in [1.29, 1.82) is 0 Å². The van der Waals surface area contributed by atoms with E-state index in [4.69, 9.17) is 12.2 Å². The van der Waals surface area contributed by atoms with E-state index in [1.165, 1.54) is 11.3 Å². The van der Waals surface area contributed by atoms with Gasteiger partial charge in [-0.3, -0.25) is 9.98 Å². The summed E-state index contributed by atoms with van der Waals surface area (Å²) in [5.74, 6) is 0.100. The zero-order valence-corrected chi connectivity index (χ0v) is 10.2. The standard InChI is InChI=1S/C11H7N3OS2/c15-10-9(17-11(16)14-10)3-6-4-13-8-5-12-2-1-7(6)8/h1-5,15H,(H,14,16)/b6-3+. The smallest absolute Gasteiger partial charge is 0.207 e. The SMILES string of the molecule is Oc1[nH]c(=S)sc1/C=C1\C=Nc2cnccc21. The summed E-state index contributed by atoms with van der Waals surface area (Å²) in [6, 6.07) is 1.90. The fourth-order valence-corrected chi connectivity index (χ4v) is 2.67. The second kappa shape index (κ2) is 3.90. The maximum absolute atomic E-state index is 9.63. The largest absolute Gasteiger partial charge is 0.494 e. The highest BCUT2D eigenvalue weighted by molar-refractivity contribution is 7.73. The lowest BCUT2D eigenvalue weighted by Crippen LogP contribution is -1.80. The molecule has 0 radical (unpaired) electrons. The molecule has 84 valence electrons. The Morgan fingerprint density at radius 2 is 2.35 bits per heavy atom. The number of rotatable bonds is 1. The van der Waals surface area contributed by atoms with Crippen LogP contribution in [0.5, 0.6) is 5.88 Å². The van der Waals surface area contributed by atoms with Gasteiger partial charge in [0, 0.05) is 23.5 Å². The summed E-state index contributed by atoms with van der Waals surface area (Å²) in [7, 11) is 0. The third-order valence-electron chi connectivity index (χ3n) is 2.40. The van der Waals surface area contributed by atoms with Crippen molar-refractivity contribution in [2.45, 2.75) is 0 Å². The summed E-state index contributed by atoms with van der Waals surface area (Å²) in [4.78, 5) is 11.7. The highest BCUT2D eigenvalue weighted by atomic mass is 32.1. The highest BCUT2D eigenvalue weighted by Gasteiger charge is 2.13. The molecule has 0 saturated carbocycles. The molecule has 3 heterocycles. The summed E-state index contributed by atoms with van der Waals surface area (Å²) < 4.78 is 0.555. The van der Waals surface area contributed by atoms with E-state index in [0.29, 0.717) is 8.83 Å². The van der Waals surface area contributed by atoms with Crippen LogP contribution in [-0.2, 0) is 0 Å². The Balaban J connectivity index is 2.11. The molecule has 0 aliphatic carbocycles. The zero-order valence-electron chi connectivity index (χ0n) is 8.54. The van der Waals surface area contributed by atoms with Gasteiger partial charge in [0.25, 0.3) is 0 Å². The molecule has 2 aromatic heterocycles. The first kappa shape index (κ1) is 10.4. The average molecular weight is 261 g/mol. The minimum absolute atomic E-state index is 0.100. The van der Waals surface area contributed by atoms with Crippen molar-refractivity contribution in [2.75, 3.05) is 0 Å². The topological polar surface area (TPSA) is 61.3 Å². The van der Waals surface area contributed by atoms with E-state index < -0.39 is 0 Å². The van der Waals surface area contributed by atoms with Crippen molar-refractivity contribution in [3.63, 3.8) is 0 Å². The molecule has 4 nitrogen and oxygen atoms in total. The maximum atomic E-state index is 9.63. The average Bonchev–Trinajstić information content (AvgIpc) is 2.85. The normalized spacial score (nSPS) is 15.4. The van der Waals surface area contributed by atoms with Crippen molar-refractivity contribution in [3.05, 3.63) is 32.9 Å². The van der Waals surface area contributed by atoms with Crippen LogP contribution >= 0.6 is 23.6 Å². The number of hydrogen-bond donors (Lipinski definition) is 2. The van der Waals surface area contributed by atoms with E-state index >= 15 is 0 Å². The van der Waals surface area contributed by atoms with Gasteiger partial charge in [-0.25, -0.2) is 0 Å². The van der Waals surface area contributed by atoms with E-state index in [0.717, 1.165) is 16.8 Å². The van der Waals surface area contributed by atoms with Gasteiger partial charge in [-0.1, -0.05) is 0 Å². The number of aromatic nitrogens is 2. The van der Waals surface area contributed by atoms with Crippen LogP contribution in [0.25, 0.3) is 11.6 Å². The molecule has 6 heteroatoms. The Kier molecular flexibility index (Phi) is 2.38. The molecule has 0 saturated heterocycles. The molecular formula is C11H7N3OS2. The summed E-state index contributed by atoms with van der Waals surface area (Å²) in [5, 5.41) is 9.63. The van der Waals surface area contributed by atoms with E-state index in [9.17, 15) is 5.11 Å². The molecule has 2 aromatic rings. The highest BCUT2D eigenvalue weighted by Crippen LogP contribution is 2.33. The molecule has 0 amide bonds. The molecule has 0 fully saturated rings. The number of aliphatic imine (C=N–C) groups is 1. The second-order valence-electron chi connectivity index (χ2n) is 3.48. The van der Waals surface area contributed by atoms with Crippen molar-refractivity contribution >= 4 is 47.1 Å². The van der Waals surface area contributed by atoms with Gasteiger partial charge in [-0.2, -0.15) is 0 Å². The van der Waals surface area contributed by atoms with Crippen LogP contribution in [0, 0.1) is 3.95 Å². The second-order valence-corrected chi connectivity index (χ2v) is 5.20. The molecule has 17 heavy (non-hydrogen) atoms. The summed E-state index contributed by atoms with van der Waals surface area (Å²) in [5.41, 5.74) is 2.80. The number of aromatic amines is 1. The molecular weight excluding hydrogens is 254 g/mol. The third kappa shape index (κ3) is 1.81. The molecule has 3 rings (SSSR count). The van der Waals surface area contributed by atoms with Gasteiger partial charge in [-0.15, -0.1) is 11.3 Å². The van der Waals surface area contributed by atoms with E-state index in [1.807, 2.05) is 12.1 Å². The number of thiazole rings is 1. The van der Waals surface area contributed by atoms with Gasteiger partial charge in [-0.05, 0) is 24.4 Å². The minimum Gasteiger partial charge on any atom is -0.494 e. The fraction of sp³-hybridized carbons (Fsp3) is 0. The van der Waals surface area contributed by atoms with Crippen molar-refractivity contribution in [2.24, 2.45) is 4.99 Å². The van der Waals surface area contributed by atoms with Crippen LogP contribution in [0.2, 0.25) is 0 Å². The Hall–Kier alpha value is -1.79. The molecule has 0 bridgehead atoms. The van der Waals surface area contributed by atoms with Crippen LogP contribution in [0.1, 0.15) is 10.4 Å². The Morgan fingerprint density at radius 3 is 3.12 bits per heavy atom. The van der Waals surface area contributed by atoms with Crippen LogP contribution < -0.4 is 0 Å². The minimum atomic E-state index is 0.100. The Morgan fingerprint density at radius 1 is 1.47 bits per heavy atom. The van der Waals surface area contributed by atoms with Gasteiger partial charge in [0.2, 0.25) is 5.88 Å². The summed E-state index contributed by atoms with van der Waals surface area (Å²) in [6.07, 6.45) is 7.06. The lowest BCUT2D eigenvalue weighted by atomic mass is 10.1. The quantitative estimate of drug-likeness (QED) is 0.775. The van der Waals surface area contributed by atoms with Crippen molar-refractivity contribution < 1.29 is 5.11 Å². The molecule has 0 spiro atoms. The summed E-state index contributed by atoms with van der Waals surface area (Å²) >= 11 is 6.30. The van der Waals surface area contributed by atoms with Crippen LogP contribution in [0.4, 0.5) is 5.69 Å². The molecule has 1 aliphatic rings. The number of fused-ring (bicyclic) bond motifs is 1. The predicted octanol–water partition coefficient (Wildman–Crippen LogP) is 3.16. The number of nitrogens with one attached hydrogen (secondary N) is 1. The fourth-order valence-electron chi connectivity index (χ4n) is 1.63. The first-order valence-corrected chi connectivity index (χ1v) is 6.09. The Bertz CT molecular complexity index is 697. The van der Waals surface area contributed by atoms with Crippen molar-refractivity contribution in [1.82, 2.24) is 9.97 Å². The first-order valence-electron chi connectivity index (χ1n) is 4.86. The number of hydrogen-bond acceptors (Lipinski definition) is 5. The van der Waals surface area contributed by atoms with Gasteiger partial charge in [0.05, 0.1) is 16.8 Å². The molecule has 1 aliphatic heterocycles. The van der Waals surface area contributed by atoms with Gasteiger partial charge < -0.3 is 10.1 Å². The monoisotopic (exact) mass is 261 g/mol. The predicted molar refractivity (Wildman–Crippen MR) is 71.4 cm³/mol. The van der Waals surface area contributed by atoms with Crippen molar-refractivity contribution in [3.8, 4) is 5.88 Å². The summed E-state index contributed by atoms with van der Waals surface area (Å²) in [6.45, 7) is 0. The number of nitrogens with zero attached hydrogens (tertiary/aromatic N) is 2. The van der Waals surface area contributed by atoms with Crippen LogP contribution in [-0.4, -0.2) is 21.3 Å². The molecule has 0 aromatic carbocycles. The number of pyridine rings is 1. The van der Waals surface area contributed by atoms with Gasteiger partial charge >= 0.3 is 0 Å². The van der Waals surface area contributed by atoms with Gasteiger partial charge in [0.1, 0.15) is 0 Å². The lowest BCUT2D eigenvalue weighted by molar-refractivity contribution is 0.456. The zero-order chi connectivity index (χ0) is 11.8. The maximum Gasteiger partial charge on any atom is 0.207 e. The van der Waals surface area contributed by atoms with E-state index in [-0.39, 0.29) is 5.88 Å². The first-order chi connectivity index (χ1) is 8.24. The van der Waals surface area contributed by atoms with Crippen LogP contribution in [0.3, 0.4) is 0 Å². The molecule has 2 N–H and O–H groups in total. The number of H-pyrrole nitrogens is 1. The molecule has 0 atom stereocenters. The van der Waals surface area contributed by atoms with E-state index in [1.54, 1.807) is 18.6 Å². The number of aromatic hydroxyl groups is 1. The number of allylic oxidation sites excluding steroid dienone is 1. The Labute approximate surface area is 106 Å². The van der Waals surface area contributed by atoms with Crippen LogP contribution in [0.15, 0.2) is 23.5 Å². The van der Waals surface area contributed by atoms with E-state index in [2.05, 4.69) is 15.0 Å².